The van der Waals surface area contributed by atoms with Gasteiger partial charge in [0.25, 0.3) is 5.91 Å². The maximum Gasteiger partial charge on any atom is 0.278 e. The average molecular weight is 332 g/mol. The third-order valence-corrected chi connectivity index (χ3v) is 4.62. The van der Waals surface area contributed by atoms with Gasteiger partial charge in [-0.1, -0.05) is 36.4 Å². The highest BCUT2D eigenvalue weighted by atomic mass is 16.2. The Labute approximate surface area is 146 Å². The maximum absolute atomic E-state index is 12.3. The van der Waals surface area contributed by atoms with Gasteiger partial charge in [0, 0.05) is 5.54 Å². The molecule has 4 heteroatoms. The van der Waals surface area contributed by atoms with Crippen molar-refractivity contribution < 1.29 is 14.6 Å². The highest BCUT2D eigenvalue weighted by molar-refractivity contribution is 5.80. The van der Waals surface area contributed by atoms with Crippen LogP contribution in [0, 0.1) is 0 Å². The lowest BCUT2D eigenvalue weighted by atomic mass is 10.1. The van der Waals surface area contributed by atoms with Crippen molar-refractivity contribution in [3.05, 3.63) is 42.0 Å². The largest absolute Gasteiger partial charge is 0.346 e. The fourth-order valence-electron chi connectivity index (χ4n) is 3.15. The van der Waals surface area contributed by atoms with E-state index in [1.807, 2.05) is 26.8 Å². The lowest BCUT2D eigenvalue weighted by Gasteiger charge is -2.33. The van der Waals surface area contributed by atoms with Crippen LogP contribution >= 0.6 is 0 Å². The van der Waals surface area contributed by atoms with Crippen molar-refractivity contribution >= 4 is 12.0 Å². The number of amides is 1. The lowest BCUT2D eigenvalue weighted by Crippen LogP contribution is -3.30. The normalized spacial score (nSPS) is 23.2. The number of rotatable bonds is 5. The summed E-state index contributed by atoms with van der Waals surface area (Å²) in [5, 5.41) is 3.10. The molecule has 3 N–H and O–H groups in total. The Morgan fingerprint density at radius 2 is 1.79 bits per heavy atom. The third kappa shape index (κ3) is 6.10. The van der Waals surface area contributed by atoms with Crippen LogP contribution < -0.4 is 15.1 Å². The summed E-state index contributed by atoms with van der Waals surface area (Å²) < 4.78 is 0. The van der Waals surface area contributed by atoms with Crippen LogP contribution in [0.25, 0.3) is 6.08 Å². The van der Waals surface area contributed by atoms with Crippen LogP contribution in [-0.4, -0.2) is 50.2 Å². The number of quaternary nitrogens is 2. The molecule has 1 aromatic carbocycles. The fraction of sp³-hybridized carbons (Fsp3) is 0.550. The molecule has 1 aliphatic heterocycles. The van der Waals surface area contributed by atoms with Gasteiger partial charge in [-0.05, 0) is 39.3 Å². The van der Waals surface area contributed by atoms with E-state index in [1.54, 1.807) is 4.90 Å². The Hall–Kier alpha value is -1.65. The molecule has 2 rings (SSSR count). The molecule has 1 atom stereocenters. The standard InChI is InChI=1S/C20H31N3O/c1-17(19(24)21-20(2,3)4)23-15-13-22(14-16-23)12-8-11-18-9-6-5-7-10-18/h5-11,17H,12-16H2,1-4H3,(H,21,24)/p+2/b11-8+/t17-/m0/s1. The molecule has 24 heavy (non-hydrogen) atoms. The number of hydrogen-bond donors (Lipinski definition) is 3. The first-order valence-electron chi connectivity index (χ1n) is 9.07. The Morgan fingerprint density at radius 1 is 1.17 bits per heavy atom. The number of carbonyl (C=O) groups is 1. The summed E-state index contributed by atoms with van der Waals surface area (Å²) in [6, 6.07) is 10.5. The molecule has 0 radical (unpaired) electrons. The first-order valence-corrected chi connectivity index (χ1v) is 9.07. The molecule has 1 fully saturated rings. The molecule has 0 aromatic heterocycles. The van der Waals surface area contributed by atoms with Gasteiger partial charge in [-0.2, -0.15) is 0 Å². The highest BCUT2D eigenvalue weighted by Gasteiger charge is 2.31. The molecule has 0 aliphatic carbocycles. The molecule has 1 amide bonds. The molecule has 4 nitrogen and oxygen atoms in total. The van der Waals surface area contributed by atoms with Crippen molar-refractivity contribution in [3.8, 4) is 0 Å². The van der Waals surface area contributed by atoms with Crippen LogP contribution in [0.5, 0.6) is 0 Å². The minimum Gasteiger partial charge on any atom is -0.346 e. The summed E-state index contributed by atoms with van der Waals surface area (Å²) in [7, 11) is 0. The van der Waals surface area contributed by atoms with E-state index in [9.17, 15) is 4.79 Å². The van der Waals surface area contributed by atoms with Gasteiger partial charge in [0.15, 0.2) is 6.04 Å². The van der Waals surface area contributed by atoms with Crippen molar-refractivity contribution in [1.29, 1.82) is 0 Å². The van der Waals surface area contributed by atoms with Gasteiger partial charge in [0.2, 0.25) is 0 Å². The van der Waals surface area contributed by atoms with Gasteiger partial charge < -0.3 is 15.1 Å². The first-order chi connectivity index (χ1) is 11.3. The monoisotopic (exact) mass is 331 g/mol. The Bertz CT molecular complexity index is 540. The van der Waals surface area contributed by atoms with Crippen LogP contribution in [0.15, 0.2) is 36.4 Å². The van der Waals surface area contributed by atoms with Crippen LogP contribution in [0.1, 0.15) is 33.3 Å². The molecule has 1 saturated heterocycles. The van der Waals surface area contributed by atoms with Gasteiger partial charge >= 0.3 is 0 Å². The highest BCUT2D eigenvalue weighted by Crippen LogP contribution is 2.00. The van der Waals surface area contributed by atoms with E-state index >= 15 is 0 Å². The maximum atomic E-state index is 12.3. The second kappa shape index (κ2) is 8.45. The van der Waals surface area contributed by atoms with E-state index in [4.69, 9.17) is 0 Å². The van der Waals surface area contributed by atoms with Crippen molar-refractivity contribution in [3.63, 3.8) is 0 Å². The molecular formula is C20H33N3O+2. The summed E-state index contributed by atoms with van der Waals surface area (Å²) in [4.78, 5) is 15.3. The molecule has 1 aromatic rings. The van der Waals surface area contributed by atoms with Crippen LogP contribution in [0.3, 0.4) is 0 Å². The Morgan fingerprint density at radius 3 is 2.38 bits per heavy atom. The number of hydrogen-bond acceptors (Lipinski definition) is 1. The van der Waals surface area contributed by atoms with Gasteiger partial charge in [-0.15, -0.1) is 0 Å². The van der Waals surface area contributed by atoms with E-state index in [-0.39, 0.29) is 17.5 Å². The SMILES string of the molecule is C[C@@H](C(=O)NC(C)(C)C)[NH+]1CC[NH+](C/C=C/c2ccccc2)CC1. The number of carbonyl (C=O) groups excluding carboxylic acids is 1. The van der Waals surface area contributed by atoms with Crippen LogP contribution in [-0.2, 0) is 4.79 Å². The van der Waals surface area contributed by atoms with E-state index in [2.05, 4.69) is 48.7 Å². The fourth-order valence-corrected chi connectivity index (χ4v) is 3.15. The second-order valence-electron chi connectivity index (χ2n) is 7.89. The minimum absolute atomic E-state index is 0.0330. The van der Waals surface area contributed by atoms with Crippen molar-refractivity contribution in [2.45, 2.75) is 39.3 Å². The third-order valence-electron chi connectivity index (χ3n) is 4.62. The van der Waals surface area contributed by atoms with Gasteiger partial charge in [-0.25, -0.2) is 0 Å². The second-order valence-corrected chi connectivity index (χ2v) is 7.89. The zero-order valence-electron chi connectivity index (χ0n) is 15.6. The lowest BCUT2D eigenvalue weighted by molar-refractivity contribution is -1.02. The molecule has 0 unspecified atom stereocenters. The summed E-state index contributed by atoms with van der Waals surface area (Å²) in [6.45, 7) is 13.6. The topological polar surface area (TPSA) is 38.0 Å². The summed E-state index contributed by atoms with van der Waals surface area (Å²) in [6.07, 6.45) is 4.47. The van der Waals surface area contributed by atoms with Crippen molar-refractivity contribution in [2.75, 3.05) is 32.7 Å². The van der Waals surface area contributed by atoms with E-state index in [1.165, 1.54) is 10.5 Å². The molecule has 1 heterocycles. The molecule has 0 saturated carbocycles. The molecule has 0 spiro atoms. The predicted molar refractivity (Wildman–Crippen MR) is 99.1 cm³/mol. The zero-order valence-corrected chi connectivity index (χ0v) is 15.6. The summed E-state index contributed by atoms with van der Waals surface area (Å²) in [5.74, 6) is 0.171. The first kappa shape index (κ1) is 18.7. The number of nitrogens with one attached hydrogen (secondary N) is 3. The summed E-state index contributed by atoms with van der Waals surface area (Å²) >= 11 is 0. The number of benzene rings is 1. The molecule has 1 aliphatic rings. The Balaban J connectivity index is 1.75. The number of piperazine rings is 1. The minimum atomic E-state index is -0.153. The average Bonchev–Trinajstić information content (AvgIpc) is 2.54. The zero-order chi connectivity index (χ0) is 17.6. The van der Waals surface area contributed by atoms with Crippen molar-refractivity contribution in [1.82, 2.24) is 5.32 Å². The smallest absolute Gasteiger partial charge is 0.278 e. The van der Waals surface area contributed by atoms with Gasteiger partial charge in [-0.3, -0.25) is 4.79 Å². The van der Waals surface area contributed by atoms with E-state index in [0.717, 1.165) is 32.7 Å². The van der Waals surface area contributed by atoms with Gasteiger partial charge in [0.05, 0.1) is 6.54 Å². The predicted octanol–water partition coefficient (Wildman–Crippen LogP) is -0.214. The van der Waals surface area contributed by atoms with Gasteiger partial charge in [0.1, 0.15) is 26.2 Å². The molecular weight excluding hydrogens is 298 g/mol. The van der Waals surface area contributed by atoms with Crippen LogP contribution in [0.4, 0.5) is 0 Å². The Kier molecular flexibility index (Phi) is 6.58. The van der Waals surface area contributed by atoms with E-state index < -0.39 is 0 Å². The molecule has 0 bridgehead atoms. The summed E-state index contributed by atoms with van der Waals surface area (Å²) in [5.41, 5.74) is 1.11. The quantitative estimate of drug-likeness (QED) is 0.686. The molecule has 132 valence electrons. The van der Waals surface area contributed by atoms with Crippen molar-refractivity contribution in [2.24, 2.45) is 0 Å². The van der Waals surface area contributed by atoms with E-state index in [0.29, 0.717) is 0 Å². The van der Waals surface area contributed by atoms with Crippen LogP contribution in [0.2, 0.25) is 0 Å².